The molecule has 1 N–H and O–H groups in total. The standard InChI is InChI=1S/C17H29NO5/c1-3-12(2)16(19)21-9-5-4-8-18-17(20)22-11-13-6-7-14-15(10-13)23-14/h12-15H,3-11H2,1-2H3,(H,18,20). The molecule has 1 saturated carbocycles. The van der Waals surface area contributed by atoms with E-state index in [1.807, 2.05) is 13.8 Å². The molecule has 23 heavy (non-hydrogen) atoms. The van der Waals surface area contributed by atoms with E-state index in [0.717, 1.165) is 38.5 Å². The maximum Gasteiger partial charge on any atom is 0.407 e. The van der Waals surface area contributed by atoms with E-state index < -0.39 is 0 Å². The number of esters is 1. The zero-order valence-corrected chi connectivity index (χ0v) is 14.2. The van der Waals surface area contributed by atoms with Crippen LogP contribution in [-0.4, -0.2) is 44.0 Å². The van der Waals surface area contributed by atoms with E-state index in [-0.39, 0.29) is 18.0 Å². The van der Waals surface area contributed by atoms with Gasteiger partial charge in [-0.25, -0.2) is 4.79 Å². The van der Waals surface area contributed by atoms with Crippen molar-refractivity contribution in [2.45, 2.75) is 64.6 Å². The first kappa shape index (κ1) is 18.0. The molecule has 0 aromatic heterocycles. The van der Waals surface area contributed by atoms with Crippen LogP contribution in [0.4, 0.5) is 4.79 Å². The number of rotatable bonds is 9. The number of alkyl carbamates (subject to hydrolysis) is 1. The third kappa shape index (κ3) is 6.37. The summed E-state index contributed by atoms with van der Waals surface area (Å²) in [5.41, 5.74) is 0. The van der Waals surface area contributed by atoms with Gasteiger partial charge >= 0.3 is 12.1 Å². The van der Waals surface area contributed by atoms with Crippen molar-refractivity contribution in [1.82, 2.24) is 5.32 Å². The molecule has 4 atom stereocenters. The molecule has 2 rings (SSSR count). The van der Waals surface area contributed by atoms with Crippen LogP contribution in [0.15, 0.2) is 0 Å². The molecule has 6 heteroatoms. The van der Waals surface area contributed by atoms with Crippen LogP contribution in [0.5, 0.6) is 0 Å². The summed E-state index contributed by atoms with van der Waals surface area (Å²) in [4.78, 5) is 23.1. The molecule has 1 saturated heterocycles. The van der Waals surface area contributed by atoms with Crippen molar-refractivity contribution in [2.75, 3.05) is 19.8 Å². The monoisotopic (exact) mass is 327 g/mol. The SMILES string of the molecule is CCC(C)C(=O)OCCCCNC(=O)OCC1CCC2OC2C1. The highest BCUT2D eigenvalue weighted by Gasteiger charge is 2.43. The van der Waals surface area contributed by atoms with Crippen molar-refractivity contribution in [3.05, 3.63) is 0 Å². The number of carbonyl (C=O) groups is 2. The van der Waals surface area contributed by atoms with Gasteiger partial charge in [0.15, 0.2) is 0 Å². The first-order valence-electron chi connectivity index (χ1n) is 8.82. The second-order valence-corrected chi connectivity index (χ2v) is 6.60. The van der Waals surface area contributed by atoms with E-state index in [9.17, 15) is 9.59 Å². The molecule has 0 spiro atoms. The molecular formula is C17H29NO5. The maximum atomic E-state index is 11.6. The summed E-state index contributed by atoms with van der Waals surface area (Å²) in [6, 6.07) is 0. The van der Waals surface area contributed by atoms with Gasteiger partial charge in [-0.3, -0.25) is 4.79 Å². The van der Waals surface area contributed by atoms with Gasteiger partial charge in [0.05, 0.1) is 31.3 Å². The van der Waals surface area contributed by atoms with Crippen molar-refractivity contribution < 1.29 is 23.8 Å². The minimum absolute atomic E-state index is 0.0424. The Bertz CT molecular complexity index is 400. The number of unbranched alkanes of at least 4 members (excludes halogenated alkanes) is 1. The van der Waals surface area contributed by atoms with Crippen LogP contribution in [0.2, 0.25) is 0 Å². The summed E-state index contributed by atoms with van der Waals surface area (Å²) in [6.07, 6.45) is 6.02. The van der Waals surface area contributed by atoms with Gasteiger partial charge in [-0.2, -0.15) is 0 Å². The van der Waals surface area contributed by atoms with Crippen LogP contribution < -0.4 is 5.32 Å². The lowest BCUT2D eigenvalue weighted by Gasteiger charge is -2.18. The summed E-state index contributed by atoms with van der Waals surface area (Å²) >= 11 is 0. The van der Waals surface area contributed by atoms with Crippen LogP contribution in [-0.2, 0) is 19.0 Å². The number of nitrogens with one attached hydrogen (secondary N) is 1. The fourth-order valence-electron chi connectivity index (χ4n) is 2.78. The Morgan fingerprint density at radius 2 is 2.04 bits per heavy atom. The van der Waals surface area contributed by atoms with Gasteiger partial charge in [0, 0.05) is 6.54 Å². The number of hydrogen-bond acceptors (Lipinski definition) is 5. The predicted octanol–water partition coefficient (Wildman–Crippen LogP) is 2.65. The van der Waals surface area contributed by atoms with Gasteiger partial charge < -0.3 is 19.5 Å². The number of amides is 1. The van der Waals surface area contributed by atoms with Crippen LogP contribution in [0.25, 0.3) is 0 Å². The van der Waals surface area contributed by atoms with Gasteiger partial charge in [0.2, 0.25) is 0 Å². The summed E-state index contributed by atoms with van der Waals surface area (Å²) < 4.78 is 15.9. The fraction of sp³-hybridized carbons (Fsp3) is 0.882. The quantitative estimate of drug-likeness (QED) is 0.400. The number of fused-ring (bicyclic) bond motifs is 1. The molecule has 1 aliphatic carbocycles. The largest absolute Gasteiger partial charge is 0.465 e. The molecule has 2 fully saturated rings. The van der Waals surface area contributed by atoms with E-state index in [1.165, 1.54) is 0 Å². The van der Waals surface area contributed by atoms with Gasteiger partial charge in [-0.05, 0) is 44.4 Å². The molecule has 0 radical (unpaired) electrons. The fourth-order valence-corrected chi connectivity index (χ4v) is 2.78. The normalized spacial score (nSPS) is 26.8. The van der Waals surface area contributed by atoms with Gasteiger partial charge in [-0.1, -0.05) is 13.8 Å². The molecule has 0 bridgehead atoms. The van der Waals surface area contributed by atoms with E-state index in [4.69, 9.17) is 14.2 Å². The van der Waals surface area contributed by atoms with Gasteiger partial charge in [-0.15, -0.1) is 0 Å². The Labute approximate surface area is 138 Å². The number of ether oxygens (including phenoxy) is 3. The Morgan fingerprint density at radius 3 is 2.78 bits per heavy atom. The molecule has 1 aliphatic heterocycles. The van der Waals surface area contributed by atoms with Crippen LogP contribution in [0, 0.1) is 11.8 Å². The number of carbonyl (C=O) groups excluding carboxylic acids is 2. The molecule has 2 aliphatic rings. The van der Waals surface area contributed by atoms with Gasteiger partial charge in [0.1, 0.15) is 0 Å². The minimum atomic E-state index is -0.361. The Kier molecular flexibility index (Phi) is 7.15. The molecule has 132 valence electrons. The summed E-state index contributed by atoms with van der Waals surface area (Å²) in [6.45, 7) is 5.25. The predicted molar refractivity (Wildman–Crippen MR) is 85.0 cm³/mol. The first-order valence-corrected chi connectivity index (χ1v) is 8.82. The van der Waals surface area contributed by atoms with Crippen molar-refractivity contribution in [2.24, 2.45) is 11.8 Å². The van der Waals surface area contributed by atoms with Crippen molar-refractivity contribution in [3.8, 4) is 0 Å². The summed E-state index contributed by atoms with van der Waals surface area (Å²) in [5, 5.41) is 2.73. The average molecular weight is 327 g/mol. The van der Waals surface area contributed by atoms with Crippen molar-refractivity contribution in [1.29, 1.82) is 0 Å². The Morgan fingerprint density at radius 1 is 1.22 bits per heavy atom. The third-order valence-electron chi connectivity index (χ3n) is 4.66. The van der Waals surface area contributed by atoms with Crippen LogP contribution in [0.3, 0.4) is 0 Å². The topological polar surface area (TPSA) is 77.2 Å². The zero-order valence-electron chi connectivity index (χ0n) is 14.2. The molecule has 1 heterocycles. The first-order chi connectivity index (χ1) is 11.1. The second kappa shape index (κ2) is 9.11. The van der Waals surface area contributed by atoms with Crippen LogP contribution >= 0.6 is 0 Å². The van der Waals surface area contributed by atoms with E-state index in [1.54, 1.807) is 0 Å². The highest BCUT2D eigenvalue weighted by atomic mass is 16.6. The lowest BCUT2D eigenvalue weighted by Crippen LogP contribution is -2.28. The highest BCUT2D eigenvalue weighted by molar-refractivity contribution is 5.71. The third-order valence-corrected chi connectivity index (χ3v) is 4.66. The molecule has 6 nitrogen and oxygen atoms in total. The Balaban J connectivity index is 1.41. The van der Waals surface area contributed by atoms with Crippen LogP contribution in [0.1, 0.15) is 52.4 Å². The second-order valence-electron chi connectivity index (χ2n) is 6.60. The lowest BCUT2D eigenvalue weighted by atomic mass is 9.90. The smallest absolute Gasteiger partial charge is 0.407 e. The Hall–Kier alpha value is -1.30. The highest BCUT2D eigenvalue weighted by Crippen LogP contribution is 2.39. The molecule has 4 unspecified atom stereocenters. The van der Waals surface area contributed by atoms with Gasteiger partial charge in [0.25, 0.3) is 0 Å². The van der Waals surface area contributed by atoms with E-state index in [0.29, 0.717) is 37.9 Å². The average Bonchev–Trinajstić information content (AvgIpc) is 3.33. The lowest BCUT2D eigenvalue weighted by molar-refractivity contribution is -0.148. The van der Waals surface area contributed by atoms with Crippen molar-refractivity contribution >= 4 is 12.1 Å². The maximum absolute atomic E-state index is 11.6. The van der Waals surface area contributed by atoms with Crippen molar-refractivity contribution in [3.63, 3.8) is 0 Å². The zero-order chi connectivity index (χ0) is 16.7. The van der Waals surface area contributed by atoms with E-state index in [2.05, 4.69) is 5.32 Å². The van der Waals surface area contributed by atoms with E-state index >= 15 is 0 Å². The number of epoxide rings is 1. The summed E-state index contributed by atoms with van der Waals surface area (Å²) in [7, 11) is 0. The number of hydrogen-bond donors (Lipinski definition) is 1. The summed E-state index contributed by atoms with van der Waals surface area (Å²) in [5.74, 6) is 0.248. The minimum Gasteiger partial charge on any atom is -0.465 e. The molecule has 0 aromatic carbocycles. The molecule has 0 aromatic rings. The molecular weight excluding hydrogens is 298 g/mol. The molecule has 1 amide bonds.